The molecule has 1 amide bonds. The molecule has 1 atom stereocenters. The number of hydrogen-bond acceptors (Lipinski definition) is 5. The van der Waals surface area contributed by atoms with E-state index in [4.69, 9.17) is 4.74 Å². The quantitative estimate of drug-likeness (QED) is 0.481. The van der Waals surface area contributed by atoms with Gasteiger partial charge in [0.25, 0.3) is 0 Å². The van der Waals surface area contributed by atoms with Gasteiger partial charge in [0.05, 0.1) is 23.4 Å². The number of pyridine rings is 1. The molecule has 1 aliphatic rings. The number of hydrogen-bond donors (Lipinski definition) is 1. The van der Waals surface area contributed by atoms with E-state index in [9.17, 15) is 13.2 Å². The first-order valence-corrected chi connectivity index (χ1v) is 13.3. The Balaban J connectivity index is 1.52. The van der Waals surface area contributed by atoms with Crippen LogP contribution in [0.4, 0.5) is 0 Å². The highest BCUT2D eigenvalue weighted by atomic mass is 79.9. The van der Waals surface area contributed by atoms with Crippen molar-refractivity contribution in [3.05, 3.63) is 70.3 Å². The van der Waals surface area contributed by atoms with Gasteiger partial charge in [-0.1, -0.05) is 59.1 Å². The number of carbonyl (C=O) groups is 1. The van der Waals surface area contributed by atoms with E-state index in [0.717, 1.165) is 58.6 Å². The van der Waals surface area contributed by atoms with E-state index in [-0.39, 0.29) is 5.92 Å². The van der Waals surface area contributed by atoms with Crippen molar-refractivity contribution in [1.82, 2.24) is 9.71 Å². The van der Waals surface area contributed by atoms with Crippen LogP contribution in [0.5, 0.6) is 5.75 Å². The number of nitrogens with one attached hydrogen (secondary N) is 1. The van der Waals surface area contributed by atoms with Crippen LogP contribution < -0.4 is 9.46 Å². The number of fused-ring (bicyclic) bond motifs is 1. The largest absolute Gasteiger partial charge is 0.487 e. The van der Waals surface area contributed by atoms with Crippen LogP contribution >= 0.6 is 15.9 Å². The summed E-state index contributed by atoms with van der Waals surface area (Å²) in [5, 5.41) is 1.08. The lowest BCUT2D eigenvalue weighted by molar-refractivity contribution is -0.121. The molecule has 1 saturated carbocycles. The summed E-state index contributed by atoms with van der Waals surface area (Å²) >= 11 is 3.58. The third-order valence-corrected chi connectivity index (χ3v) is 7.05. The van der Waals surface area contributed by atoms with Crippen molar-refractivity contribution in [1.29, 1.82) is 0 Å². The summed E-state index contributed by atoms with van der Waals surface area (Å²) in [5.41, 5.74) is 2.51. The predicted molar refractivity (Wildman–Crippen MR) is 128 cm³/mol. The SMILES string of the molecule is CS(=O)(=O)NC(=O)C(c1ccc(OCc2ccc3ccccc3n2)cc1Br)C1CCCC1. The molecule has 0 saturated heterocycles. The number of aromatic nitrogens is 1. The lowest BCUT2D eigenvalue weighted by Gasteiger charge is -2.24. The van der Waals surface area contributed by atoms with Gasteiger partial charge in [0.2, 0.25) is 15.9 Å². The summed E-state index contributed by atoms with van der Waals surface area (Å²) in [7, 11) is -3.63. The number of benzene rings is 2. The minimum absolute atomic E-state index is 0.113. The predicted octanol–water partition coefficient (Wildman–Crippen LogP) is 4.93. The van der Waals surface area contributed by atoms with Crippen LogP contribution in [-0.4, -0.2) is 25.6 Å². The van der Waals surface area contributed by atoms with E-state index >= 15 is 0 Å². The average Bonchev–Trinajstić information content (AvgIpc) is 3.27. The number of nitrogens with zero attached hydrogens (tertiary/aromatic N) is 1. The Morgan fingerprint density at radius 1 is 1.16 bits per heavy atom. The fourth-order valence-corrected chi connectivity index (χ4v) is 5.44. The van der Waals surface area contributed by atoms with Crippen LogP contribution in [0.1, 0.15) is 42.9 Å². The molecule has 1 fully saturated rings. The van der Waals surface area contributed by atoms with Crippen LogP contribution in [0, 0.1) is 5.92 Å². The molecular weight excluding hydrogens is 492 g/mol. The molecule has 1 aromatic heterocycles. The molecular formula is C24H25BrN2O4S. The Labute approximate surface area is 196 Å². The minimum Gasteiger partial charge on any atom is -0.487 e. The summed E-state index contributed by atoms with van der Waals surface area (Å²) in [6.07, 6.45) is 4.90. The van der Waals surface area contributed by atoms with E-state index in [1.165, 1.54) is 0 Å². The Morgan fingerprint density at radius 2 is 1.91 bits per heavy atom. The summed E-state index contributed by atoms with van der Waals surface area (Å²) in [6, 6.07) is 17.4. The Hall–Kier alpha value is -2.45. The molecule has 0 bridgehead atoms. The molecule has 1 N–H and O–H groups in total. The van der Waals surface area contributed by atoms with E-state index in [1.807, 2.05) is 54.6 Å². The van der Waals surface area contributed by atoms with Crippen LogP contribution in [0.25, 0.3) is 10.9 Å². The first-order valence-electron chi connectivity index (χ1n) is 10.6. The third-order valence-electron chi connectivity index (χ3n) is 5.79. The molecule has 1 unspecified atom stereocenters. The number of para-hydroxylation sites is 1. The van der Waals surface area contributed by atoms with Gasteiger partial charge in [0.15, 0.2) is 0 Å². The normalized spacial score (nSPS) is 15.6. The van der Waals surface area contributed by atoms with Crippen molar-refractivity contribution in [2.45, 2.75) is 38.2 Å². The van der Waals surface area contributed by atoms with Gasteiger partial charge in [-0.25, -0.2) is 13.4 Å². The molecule has 2 aromatic carbocycles. The van der Waals surface area contributed by atoms with E-state index < -0.39 is 21.8 Å². The highest BCUT2D eigenvalue weighted by Crippen LogP contribution is 2.41. The van der Waals surface area contributed by atoms with Gasteiger partial charge >= 0.3 is 0 Å². The molecule has 6 nitrogen and oxygen atoms in total. The summed E-state index contributed by atoms with van der Waals surface area (Å²) in [5.74, 6) is -0.252. The molecule has 4 rings (SSSR count). The summed E-state index contributed by atoms with van der Waals surface area (Å²) in [6.45, 7) is 0.317. The van der Waals surface area contributed by atoms with Crippen LogP contribution in [0.15, 0.2) is 59.1 Å². The minimum atomic E-state index is -3.63. The van der Waals surface area contributed by atoms with Crippen molar-refractivity contribution in [2.24, 2.45) is 5.92 Å². The van der Waals surface area contributed by atoms with Crippen molar-refractivity contribution >= 4 is 42.8 Å². The maximum Gasteiger partial charge on any atom is 0.241 e. The molecule has 8 heteroatoms. The van der Waals surface area contributed by atoms with Gasteiger partial charge < -0.3 is 4.74 Å². The van der Waals surface area contributed by atoms with Crippen LogP contribution in [-0.2, 0) is 21.4 Å². The topological polar surface area (TPSA) is 85.4 Å². The summed E-state index contributed by atoms with van der Waals surface area (Å²) in [4.78, 5) is 17.5. The van der Waals surface area contributed by atoms with Gasteiger partial charge in [-0.15, -0.1) is 0 Å². The van der Waals surface area contributed by atoms with Gasteiger partial charge in [-0.3, -0.25) is 9.52 Å². The fourth-order valence-electron chi connectivity index (χ4n) is 4.34. The first-order chi connectivity index (χ1) is 15.3. The maximum atomic E-state index is 12.9. The molecule has 168 valence electrons. The van der Waals surface area contributed by atoms with Crippen LogP contribution in [0.3, 0.4) is 0 Å². The van der Waals surface area contributed by atoms with Crippen LogP contribution in [0.2, 0.25) is 0 Å². The number of carbonyl (C=O) groups excluding carboxylic acids is 1. The monoisotopic (exact) mass is 516 g/mol. The fraction of sp³-hybridized carbons (Fsp3) is 0.333. The molecule has 0 aliphatic heterocycles. The molecule has 1 heterocycles. The third kappa shape index (κ3) is 5.48. The number of ether oxygens (including phenoxy) is 1. The van der Waals surface area contributed by atoms with Gasteiger partial charge in [-0.05, 0) is 48.6 Å². The molecule has 1 aliphatic carbocycles. The summed E-state index contributed by atoms with van der Waals surface area (Å²) < 4.78 is 32.2. The average molecular weight is 517 g/mol. The number of sulfonamides is 1. The highest BCUT2D eigenvalue weighted by Gasteiger charge is 2.34. The lowest BCUT2D eigenvalue weighted by Crippen LogP contribution is -2.36. The molecule has 0 radical (unpaired) electrons. The zero-order valence-corrected chi connectivity index (χ0v) is 20.2. The maximum absolute atomic E-state index is 12.9. The second-order valence-corrected chi connectivity index (χ2v) is 10.8. The molecule has 32 heavy (non-hydrogen) atoms. The smallest absolute Gasteiger partial charge is 0.241 e. The van der Waals surface area contributed by atoms with Crippen molar-refractivity contribution < 1.29 is 17.9 Å². The Bertz CT molecular complexity index is 1240. The number of amides is 1. The molecule has 3 aromatic rings. The second kappa shape index (κ2) is 9.58. The molecule has 0 spiro atoms. The zero-order valence-electron chi connectivity index (χ0n) is 17.8. The van der Waals surface area contributed by atoms with E-state index in [2.05, 4.69) is 25.6 Å². The van der Waals surface area contributed by atoms with Gasteiger partial charge in [0.1, 0.15) is 12.4 Å². The Morgan fingerprint density at radius 3 is 2.62 bits per heavy atom. The van der Waals surface area contributed by atoms with Gasteiger partial charge in [0, 0.05) is 9.86 Å². The zero-order chi connectivity index (χ0) is 22.7. The highest BCUT2D eigenvalue weighted by molar-refractivity contribution is 9.10. The van der Waals surface area contributed by atoms with Crippen molar-refractivity contribution in [3.8, 4) is 5.75 Å². The standard InChI is InChI=1S/C24H25BrN2O4S/c1-32(29,30)27-24(28)23(17-7-2-3-8-17)20-13-12-19(14-21(20)25)31-15-18-11-10-16-6-4-5-9-22(16)26-18/h4-6,9-14,17,23H,2-3,7-8,15H2,1H3,(H,27,28). The lowest BCUT2D eigenvalue weighted by atomic mass is 9.84. The van der Waals surface area contributed by atoms with Crippen molar-refractivity contribution in [2.75, 3.05) is 6.26 Å². The number of halogens is 1. The van der Waals surface area contributed by atoms with E-state index in [0.29, 0.717) is 12.4 Å². The Kier molecular flexibility index (Phi) is 6.81. The van der Waals surface area contributed by atoms with Crippen molar-refractivity contribution in [3.63, 3.8) is 0 Å². The van der Waals surface area contributed by atoms with Gasteiger partial charge in [-0.2, -0.15) is 0 Å². The van der Waals surface area contributed by atoms with E-state index in [1.54, 1.807) is 0 Å². The number of rotatable bonds is 7. The first kappa shape index (κ1) is 22.7. The second-order valence-electron chi connectivity index (χ2n) is 8.23.